The van der Waals surface area contributed by atoms with E-state index in [1.54, 1.807) is 0 Å². The van der Waals surface area contributed by atoms with E-state index in [-0.39, 0.29) is 16.3 Å². The number of nitrogens with one attached hydrogen (secondary N) is 1. The Balaban J connectivity index is 2.53. The lowest BCUT2D eigenvalue weighted by molar-refractivity contribution is -0.123. The van der Waals surface area contributed by atoms with Crippen LogP contribution >= 0.6 is 11.8 Å². The molecule has 0 radical (unpaired) electrons. The highest BCUT2D eigenvalue weighted by molar-refractivity contribution is 8.14. The third-order valence-electron chi connectivity index (χ3n) is 4.75. The number of nitrogens with zero attached hydrogens (tertiary/aromatic N) is 1. The summed E-state index contributed by atoms with van der Waals surface area (Å²) < 4.78 is 0. The minimum absolute atomic E-state index is 0.0110. The molecule has 1 atom stereocenters. The fraction of sp³-hybridized carbons (Fsp3) is 0.526. The van der Waals surface area contributed by atoms with Crippen LogP contribution in [0, 0.1) is 13.8 Å². The number of thioether (sulfide) groups is 1. The Morgan fingerprint density at radius 2 is 2.00 bits per heavy atom. The van der Waals surface area contributed by atoms with Gasteiger partial charge >= 0.3 is 0 Å². The van der Waals surface area contributed by atoms with Crippen LogP contribution in [0.3, 0.4) is 0 Å². The van der Waals surface area contributed by atoms with Crippen LogP contribution in [-0.2, 0) is 10.2 Å². The molecule has 1 heterocycles. The lowest BCUT2D eigenvalue weighted by Crippen LogP contribution is -2.32. The SMILES string of the molecule is CCCC(=O)C(C)(C)c1cc(C2=NNC(=O)SC2C)cc(C)c1C. The molecule has 0 bridgehead atoms. The molecule has 4 nitrogen and oxygen atoms in total. The maximum absolute atomic E-state index is 12.6. The number of carbonyl (C=O) groups excluding carboxylic acids is 2. The summed E-state index contributed by atoms with van der Waals surface area (Å²) in [5.41, 5.74) is 7.17. The second-order valence-corrected chi connectivity index (χ2v) is 8.23. The number of carbonyl (C=O) groups is 2. The van der Waals surface area contributed by atoms with Gasteiger partial charge in [0, 0.05) is 11.8 Å². The molecule has 1 unspecified atom stereocenters. The maximum Gasteiger partial charge on any atom is 0.299 e. The number of amides is 1. The van der Waals surface area contributed by atoms with Crippen LogP contribution in [0.5, 0.6) is 0 Å². The van der Waals surface area contributed by atoms with Gasteiger partial charge in [-0.2, -0.15) is 5.10 Å². The van der Waals surface area contributed by atoms with Crippen LogP contribution in [-0.4, -0.2) is 22.0 Å². The molecule has 1 aliphatic heterocycles. The van der Waals surface area contributed by atoms with E-state index in [4.69, 9.17) is 0 Å². The molecule has 1 aliphatic rings. The largest absolute Gasteiger partial charge is 0.299 e. The number of Topliss-reactive ketones (excluding diaryl/α,β-unsaturated/α-hetero) is 1. The molecule has 0 aliphatic carbocycles. The molecule has 0 fully saturated rings. The Hall–Kier alpha value is -1.62. The van der Waals surface area contributed by atoms with E-state index in [9.17, 15) is 9.59 Å². The zero-order valence-electron chi connectivity index (χ0n) is 15.3. The predicted molar refractivity (Wildman–Crippen MR) is 101 cm³/mol. The Bertz CT molecular complexity index is 708. The first-order chi connectivity index (χ1) is 11.2. The summed E-state index contributed by atoms with van der Waals surface area (Å²) in [7, 11) is 0. The lowest BCUT2D eigenvalue weighted by Gasteiger charge is -2.28. The van der Waals surface area contributed by atoms with Gasteiger partial charge < -0.3 is 0 Å². The monoisotopic (exact) mass is 346 g/mol. The van der Waals surface area contributed by atoms with E-state index in [1.165, 1.54) is 11.8 Å². The van der Waals surface area contributed by atoms with Crippen molar-refractivity contribution < 1.29 is 9.59 Å². The maximum atomic E-state index is 12.6. The van der Waals surface area contributed by atoms with Crippen LogP contribution in [0.4, 0.5) is 4.79 Å². The van der Waals surface area contributed by atoms with E-state index >= 15 is 0 Å². The molecule has 1 aromatic rings. The summed E-state index contributed by atoms with van der Waals surface area (Å²) in [6.45, 7) is 12.1. The van der Waals surface area contributed by atoms with Crippen molar-refractivity contribution in [2.45, 2.75) is 65.0 Å². The molecule has 5 heteroatoms. The predicted octanol–water partition coefficient (Wildman–Crippen LogP) is 4.50. The second kappa shape index (κ2) is 7.09. The van der Waals surface area contributed by atoms with Crippen LogP contribution < -0.4 is 5.43 Å². The summed E-state index contributed by atoms with van der Waals surface area (Å²) in [6, 6.07) is 4.16. The molecule has 1 aromatic carbocycles. The van der Waals surface area contributed by atoms with Crippen molar-refractivity contribution in [3.8, 4) is 0 Å². The number of rotatable bonds is 5. The van der Waals surface area contributed by atoms with Crippen molar-refractivity contribution in [3.63, 3.8) is 0 Å². The molecule has 24 heavy (non-hydrogen) atoms. The van der Waals surface area contributed by atoms with E-state index in [0.29, 0.717) is 6.42 Å². The Morgan fingerprint density at radius 3 is 2.58 bits per heavy atom. The zero-order chi connectivity index (χ0) is 18.1. The molecule has 2 rings (SSSR count). The molecule has 0 saturated heterocycles. The summed E-state index contributed by atoms with van der Waals surface area (Å²) in [5.74, 6) is 0.256. The molecule has 130 valence electrons. The highest BCUT2D eigenvalue weighted by Gasteiger charge is 2.32. The highest BCUT2D eigenvalue weighted by atomic mass is 32.2. The van der Waals surface area contributed by atoms with Gasteiger partial charge in [-0.15, -0.1) is 0 Å². The molecule has 0 spiro atoms. The number of benzene rings is 1. The number of hydrazone groups is 1. The van der Waals surface area contributed by atoms with Crippen molar-refractivity contribution in [3.05, 3.63) is 34.4 Å². The van der Waals surface area contributed by atoms with Gasteiger partial charge in [-0.25, -0.2) is 5.43 Å². The molecular formula is C19H26N2O2S. The number of aryl methyl sites for hydroxylation is 1. The third-order valence-corrected chi connectivity index (χ3v) is 5.63. The first-order valence-electron chi connectivity index (χ1n) is 8.38. The van der Waals surface area contributed by atoms with Crippen molar-refractivity contribution in [2.24, 2.45) is 5.10 Å². The highest BCUT2D eigenvalue weighted by Crippen LogP contribution is 2.33. The van der Waals surface area contributed by atoms with Crippen molar-refractivity contribution >= 4 is 28.5 Å². The van der Waals surface area contributed by atoms with Crippen LogP contribution in [0.15, 0.2) is 17.2 Å². The van der Waals surface area contributed by atoms with E-state index in [2.05, 4.69) is 36.5 Å². The summed E-state index contributed by atoms with van der Waals surface area (Å²) in [6.07, 6.45) is 1.44. The number of hydrogen-bond acceptors (Lipinski definition) is 4. The van der Waals surface area contributed by atoms with Crippen molar-refractivity contribution in [1.82, 2.24) is 5.43 Å². The van der Waals surface area contributed by atoms with Gasteiger partial charge in [-0.1, -0.05) is 18.7 Å². The van der Waals surface area contributed by atoms with Crippen LogP contribution in [0.1, 0.15) is 62.8 Å². The minimum Gasteiger partial charge on any atom is -0.299 e. The first kappa shape index (κ1) is 18.7. The number of hydrogen-bond donors (Lipinski definition) is 1. The molecule has 0 saturated carbocycles. The van der Waals surface area contributed by atoms with Crippen LogP contribution in [0.25, 0.3) is 0 Å². The topological polar surface area (TPSA) is 58.5 Å². The second-order valence-electron chi connectivity index (χ2n) is 6.92. The summed E-state index contributed by atoms with van der Waals surface area (Å²) >= 11 is 1.23. The van der Waals surface area contributed by atoms with Gasteiger partial charge in [-0.3, -0.25) is 9.59 Å². The third kappa shape index (κ3) is 3.56. The summed E-state index contributed by atoms with van der Waals surface area (Å²) in [4.78, 5) is 24.1. The Kier molecular flexibility index (Phi) is 5.53. The smallest absolute Gasteiger partial charge is 0.299 e. The average Bonchev–Trinajstić information content (AvgIpc) is 2.50. The minimum atomic E-state index is -0.532. The molecule has 1 N–H and O–H groups in total. The van der Waals surface area contributed by atoms with E-state index in [1.807, 2.05) is 27.7 Å². The number of ketones is 1. The normalized spacial score (nSPS) is 18.2. The Labute approximate surface area is 148 Å². The lowest BCUT2D eigenvalue weighted by atomic mass is 9.75. The zero-order valence-corrected chi connectivity index (χ0v) is 16.1. The molecule has 0 aromatic heterocycles. The fourth-order valence-corrected chi connectivity index (χ4v) is 3.80. The standard InChI is InChI=1S/C19H26N2O2S/c1-7-8-16(22)19(5,6)15-10-14(9-11(2)12(15)3)17-13(4)24-18(23)21-20-17/h9-10,13H,7-8H2,1-6H3,(H,21,23). The first-order valence-corrected chi connectivity index (χ1v) is 9.26. The average molecular weight is 346 g/mol. The van der Waals surface area contributed by atoms with Gasteiger partial charge in [0.1, 0.15) is 5.78 Å². The van der Waals surface area contributed by atoms with E-state index in [0.717, 1.165) is 34.4 Å². The van der Waals surface area contributed by atoms with Crippen molar-refractivity contribution in [2.75, 3.05) is 0 Å². The van der Waals surface area contributed by atoms with Crippen LogP contribution in [0.2, 0.25) is 0 Å². The molecule has 1 amide bonds. The quantitative estimate of drug-likeness (QED) is 0.854. The van der Waals surface area contributed by atoms with Gasteiger partial charge in [0.2, 0.25) is 0 Å². The van der Waals surface area contributed by atoms with E-state index < -0.39 is 5.41 Å². The van der Waals surface area contributed by atoms with Gasteiger partial charge in [0.05, 0.1) is 11.0 Å². The molecular weight excluding hydrogens is 320 g/mol. The van der Waals surface area contributed by atoms with Gasteiger partial charge in [-0.05, 0) is 75.4 Å². The van der Waals surface area contributed by atoms with Crippen molar-refractivity contribution in [1.29, 1.82) is 0 Å². The van der Waals surface area contributed by atoms with Gasteiger partial charge in [0.25, 0.3) is 5.24 Å². The Morgan fingerprint density at radius 1 is 1.33 bits per heavy atom. The fourth-order valence-electron chi connectivity index (χ4n) is 3.08. The van der Waals surface area contributed by atoms with Gasteiger partial charge in [0.15, 0.2) is 0 Å². The summed E-state index contributed by atoms with van der Waals surface area (Å²) in [5, 5.41) is 4.11.